The van der Waals surface area contributed by atoms with E-state index in [0.29, 0.717) is 12.8 Å². The maximum Gasteiger partial charge on any atom is 0.311 e. The van der Waals surface area contributed by atoms with Gasteiger partial charge in [-0.25, -0.2) is 0 Å². The number of esters is 2. The highest BCUT2D eigenvalue weighted by molar-refractivity contribution is 5.76. The van der Waals surface area contributed by atoms with Crippen LogP contribution in [0.3, 0.4) is 0 Å². The van der Waals surface area contributed by atoms with Crippen LogP contribution in [0.15, 0.2) is 0 Å². The van der Waals surface area contributed by atoms with E-state index in [4.69, 9.17) is 9.47 Å². The molecule has 0 aliphatic rings. The molecule has 0 rings (SSSR count). The van der Waals surface area contributed by atoms with Crippen molar-refractivity contribution in [2.24, 2.45) is 16.7 Å². The monoisotopic (exact) mass is 520 g/mol. The Hall–Kier alpha value is -1.22. The molecule has 1 unspecified atom stereocenters. The molecule has 0 spiro atoms. The standard InChI is InChI=1S/2C14H28O4/c1-8-12(2,3)11(15)18-9-10(13(4,5)16)14(6,7)17;1-8-12(2,3)11(15)18-10(14(6,7)17)9-13(4,5)16/h2*10,16-17H,8-9H2,1-7H3. The fraction of sp³-hybridized carbons (Fsp3) is 0.929. The van der Waals surface area contributed by atoms with Gasteiger partial charge in [0.1, 0.15) is 6.10 Å². The predicted molar refractivity (Wildman–Crippen MR) is 142 cm³/mol. The Morgan fingerprint density at radius 2 is 1.00 bits per heavy atom. The van der Waals surface area contributed by atoms with Crippen molar-refractivity contribution in [1.82, 2.24) is 0 Å². The summed E-state index contributed by atoms with van der Waals surface area (Å²) in [7, 11) is 0. The third kappa shape index (κ3) is 13.9. The van der Waals surface area contributed by atoms with E-state index in [1.54, 1.807) is 69.2 Å². The molecule has 1 atom stereocenters. The minimum atomic E-state index is -1.18. The van der Waals surface area contributed by atoms with E-state index in [1.165, 1.54) is 0 Å². The first-order valence-corrected chi connectivity index (χ1v) is 12.9. The molecular formula is C28H56O8. The molecule has 0 bridgehead atoms. The van der Waals surface area contributed by atoms with E-state index in [2.05, 4.69) is 0 Å². The Morgan fingerprint density at radius 3 is 1.28 bits per heavy atom. The maximum absolute atomic E-state index is 12.0. The van der Waals surface area contributed by atoms with Crippen molar-refractivity contribution in [1.29, 1.82) is 0 Å². The van der Waals surface area contributed by atoms with Crippen molar-refractivity contribution in [3.8, 4) is 0 Å². The largest absolute Gasteiger partial charge is 0.465 e. The summed E-state index contributed by atoms with van der Waals surface area (Å²) < 4.78 is 10.7. The second-order valence-electron chi connectivity index (χ2n) is 13.5. The van der Waals surface area contributed by atoms with E-state index in [1.807, 2.05) is 27.7 Å². The maximum atomic E-state index is 12.0. The van der Waals surface area contributed by atoms with E-state index in [9.17, 15) is 30.0 Å². The van der Waals surface area contributed by atoms with Gasteiger partial charge < -0.3 is 29.9 Å². The zero-order valence-electron chi connectivity index (χ0n) is 25.4. The topological polar surface area (TPSA) is 134 Å². The first-order valence-electron chi connectivity index (χ1n) is 12.9. The zero-order chi connectivity index (χ0) is 29.6. The van der Waals surface area contributed by atoms with Gasteiger partial charge in [0.2, 0.25) is 0 Å². The predicted octanol–water partition coefficient (Wildman–Crippen LogP) is 4.39. The Balaban J connectivity index is 0. The normalized spacial score (nSPS) is 14.6. The Labute approximate surface area is 219 Å². The van der Waals surface area contributed by atoms with Gasteiger partial charge in [-0.1, -0.05) is 13.8 Å². The summed E-state index contributed by atoms with van der Waals surface area (Å²) in [5, 5.41) is 39.9. The molecule has 0 amide bonds. The van der Waals surface area contributed by atoms with Gasteiger partial charge in [0, 0.05) is 12.3 Å². The number of carbonyl (C=O) groups excluding carboxylic acids is 2. The number of carbonyl (C=O) groups is 2. The molecule has 0 saturated heterocycles. The third-order valence-electron chi connectivity index (χ3n) is 6.68. The molecule has 0 aromatic carbocycles. The summed E-state index contributed by atoms with van der Waals surface area (Å²) in [6.07, 6.45) is 0.812. The van der Waals surface area contributed by atoms with Crippen molar-refractivity contribution < 1.29 is 39.5 Å². The van der Waals surface area contributed by atoms with Crippen LogP contribution >= 0.6 is 0 Å². The van der Waals surface area contributed by atoms with Crippen LogP contribution in [0.2, 0.25) is 0 Å². The molecule has 8 heteroatoms. The fourth-order valence-corrected chi connectivity index (χ4v) is 3.09. The number of rotatable bonds is 12. The van der Waals surface area contributed by atoms with Crippen LogP contribution < -0.4 is 0 Å². The second kappa shape index (κ2) is 13.0. The number of ether oxygens (including phenoxy) is 2. The number of hydrogen-bond acceptors (Lipinski definition) is 8. The van der Waals surface area contributed by atoms with Crippen LogP contribution in [0.5, 0.6) is 0 Å². The van der Waals surface area contributed by atoms with Gasteiger partial charge in [0.15, 0.2) is 0 Å². The van der Waals surface area contributed by atoms with Crippen molar-refractivity contribution >= 4 is 11.9 Å². The summed E-state index contributed by atoms with van der Waals surface area (Å²) >= 11 is 0. The van der Waals surface area contributed by atoms with E-state index < -0.39 is 45.3 Å². The van der Waals surface area contributed by atoms with Crippen LogP contribution in [0.1, 0.15) is 116 Å². The average Bonchev–Trinajstić information content (AvgIpc) is 2.63. The summed E-state index contributed by atoms with van der Waals surface area (Å²) in [6, 6.07) is 0. The minimum absolute atomic E-state index is 0.00919. The van der Waals surface area contributed by atoms with Crippen molar-refractivity contribution in [3.63, 3.8) is 0 Å². The molecule has 0 aromatic rings. The second-order valence-corrected chi connectivity index (χ2v) is 13.5. The molecule has 4 N–H and O–H groups in total. The summed E-state index contributed by atoms with van der Waals surface area (Å²) in [5.41, 5.74) is -5.53. The van der Waals surface area contributed by atoms with Crippen molar-refractivity contribution in [2.45, 2.75) is 145 Å². The number of hydrogen-bond donors (Lipinski definition) is 4. The van der Waals surface area contributed by atoms with Gasteiger partial charge in [0.05, 0.1) is 39.8 Å². The lowest BCUT2D eigenvalue weighted by Crippen LogP contribution is -2.48. The van der Waals surface area contributed by atoms with Gasteiger partial charge >= 0.3 is 11.9 Å². The smallest absolute Gasteiger partial charge is 0.311 e. The van der Waals surface area contributed by atoms with Crippen LogP contribution in [-0.2, 0) is 19.1 Å². The first kappa shape index (κ1) is 36.9. The average molecular weight is 521 g/mol. The molecule has 216 valence electrons. The lowest BCUT2D eigenvalue weighted by Gasteiger charge is -2.38. The fourth-order valence-electron chi connectivity index (χ4n) is 3.09. The summed E-state index contributed by atoms with van der Waals surface area (Å²) in [4.78, 5) is 23.9. The Kier molecular flexibility index (Phi) is 13.4. The van der Waals surface area contributed by atoms with E-state index in [0.717, 1.165) is 0 Å². The minimum Gasteiger partial charge on any atom is -0.465 e. The molecule has 0 saturated carbocycles. The molecule has 0 aliphatic carbocycles. The number of aliphatic hydroxyl groups is 4. The molecule has 8 nitrogen and oxygen atoms in total. The lowest BCUT2D eigenvalue weighted by atomic mass is 9.79. The summed E-state index contributed by atoms with van der Waals surface area (Å²) in [6.45, 7) is 23.9. The van der Waals surface area contributed by atoms with Crippen LogP contribution in [0, 0.1) is 16.7 Å². The van der Waals surface area contributed by atoms with Crippen molar-refractivity contribution in [3.05, 3.63) is 0 Å². The molecule has 0 aliphatic heterocycles. The lowest BCUT2D eigenvalue weighted by molar-refractivity contribution is -0.177. The SMILES string of the molecule is CCC(C)(C)C(=O)OC(CC(C)(C)O)C(C)(C)O.CCC(C)(C)C(=O)OCC(C(C)(C)O)C(C)(C)O. The highest BCUT2D eigenvalue weighted by atomic mass is 16.6. The van der Waals surface area contributed by atoms with Gasteiger partial charge in [-0.05, 0) is 95.9 Å². The molecule has 0 fully saturated rings. The molecule has 36 heavy (non-hydrogen) atoms. The van der Waals surface area contributed by atoms with Crippen molar-refractivity contribution in [2.75, 3.05) is 6.61 Å². The molecule has 0 aromatic heterocycles. The highest BCUT2D eigenvalue weighted by Gasteiger charge is 2.41. The van der Waals surface area contributed by atoms with Crippen LogP contribution in [-0.4, -0.2) is 67.5 Å². The van der Waals surface area contributed by atoms with Gasteiger partial charge in [0.25, 0.3) is 0 Å². The molecule has 0 heterocycles. The molecular weight excluding hydrogens is 464 g/mol. The zero-order valence-corrected chi connectivity index (χ0v) is 25.4. The van der Waals surface area contributed by atoms with Crippen LogP contribution in [0.25, 0.3) is 0 Å². The third-order valence-corrected chi connectivity index (χ3v) is 6.68. The van der Waals surface area contributed by atoms with Gasteiger partial charge in [-0.15, -0.1) is 0 Å². The first-order chi connectivity index (χ1) is 15.6. The summed E-state index contributed by atoms with van der Waals surface area (Å²) in [5.74, 6) is -1.19. The van der Waals surface area contributed by atoms with Crippen LogP contribution in [0.4, 0.5) is 0 Å². The Bertz CT molecular complexity index is 668. The highest BCUT2D eigenvalue weighted by Crippen LogP contribution is 2.30. The van der Waals surface area contributed by atoms with E-state index in [-0.39, 0.29) is 25.0 Å². The quantitative estimate of drug-likeness (QED) is 0.278. The van der Waals surface area contributed by atoms with Gasteiger partial charge in [-0.2, -0.15) is 0 Å². The Morgan fingerprint density at radius 1 is 0.639 bits per heavy atom. The van der Waals surface area contributed by atoms with Gasteiger partial charge in [-0.3, -0.25) is 9.59 Å². The molecule has 0 radical (unpaired) electrons. The van der Waals surface area contributed by atoms with E-state index >= 15 is 0 Å².